The van der Waals surface area contributed by atoms with Crippen molar-refractivity contribution in [1.82, 2.24) is 10.1 Å². The van der Waals surface area contributed by atoms with Crippen molar-refractivity contribution in [2.75, 3.05) is 7.11 Å². The number of ether oxygens (including phenoxy) is 1. The van der Waals surface area contributed by atoms with Crippen LogP contribution in [0.25, 0.3) is 11.4 Å². The highest BCUT2D eigenvalue weighted by Gasteiger charge is 2.19. The van der Waals surface area contributed by atoms with Gasteiger partial charge in [0, 0.05) is 5.56 Å². The fraction of sp³-hybridized carbons (Fsp3) is 0.222. The van der Waals surface area contributed by atoms with Crippen LogP contribution in [0.15, 0.2) is 59.1 Å². The van der Waals surface area contributed by atoms with Crippen LogP contribution in [0, 0.1) is 0 Å². The molecule has 22 heavy (non-hydrogen) atoms. The summed E-state index contributed by atoms with van der Waals surface area (Å²) in [6.07, 6.45) is 0.907. The summed E-state index contributed by atoms with van der Waals surface area (Å²) in [6.45, 7) is 2.12. The second kappa shape index (κ2) is 6.43. The first kappa shape index (κ1) is 14.3. The summed E-state index contributed by atoms with van der Waals surface area (Å²) in [5.74, 6) is 2.13. The number of rotatable bonds is 5. The van der Waals surface area contributed by atoms with Gasteiger partial charge in [0.1, 0.15) is 5.75 Å². The molecular weight excluding hydrogens is 276 g/mol. The molecule has 0 unspecified atom stereocenters. The molecule has 0 saturated heterocycles. The van der Waals surface area contributed by atoms with Crippen LogP contribution in [0.1, 0.15) is 30.7 Å². The number of aromatic nitrogens is 2. The molecule has 0 aliphatic rings. The van der Waals surface area contributed by atoms with Crippen LogP contribution in [0.4, 0.5) is 0 Å². The zero-order chi connectivity index (χ0) is 15.4. The molecule has 0 spiro atoms. The van der Waals surface area contributed by atoms with E-state index in [9.17, 15) is 0 Å². The largest absolute Gasteiger partial charge is 0.497 e. The summed E-state index contributed by atoms with van der Waals surface area (Å²) in [4.78, 5) is 4.57. The van der Waals surface area contributed by atoms with Gasteiger partial charge in [-0.25, -0.2) is 0 Å². The highest BCUT2D eigenvalue weighted by molar-refractivity contribution is 5.57. The summed E-state index contributed by atoms with van der Waals surface area (Å²) < 4.78 is 10.7. The summed E-state index contributed by atoms with van der Waals surface area (Å²) in [5.41, 5.74) is 2.07. The standard InChI is InChI=1S/C18H18N2O2/c1-3-16(13-8-5-4-6-9-13)18-19-17(20-22-18)14-10-7-11-15(12-14)21-2/h4-12,16H,3H2,1-2H3/t16-/m1/s1. The molecule has 0 aliphatic carbocycles. The molecule has 1 heterocycles. The van der Waals surface area contributed by atoms with Crippen molar-refractivity contribution < 1.29 is 9.26 Å². The first-order valence-corrected chi connectivity index (χ1v) is 7.34. The Balaban J connectivity index is 1.92. The van der Waals surface area contributed by atoms with Gasteiger partial charge in [-0.05, 0) is 24.1 Å². The molecule has 112 valence electrons. The molecule has 3 aromatic rings. The van der Waals surface area contributed by atoms with E-state index >= 15 is 0 Å². The van der Waals surface area contributed by atoms with E-state index < -0.39 is 0 Å². The predicted octanol–water partition coefficient (Wildman–Crippen LogP) is 4.29. The molecule has 4 heteroatoms. The normalized spacial score (nSPS) is 12.1. The van der Waals surface area contributed by atoms with Crippen LogP contribution in [-0.2, 0) is 0 Å². The van der Waals surface area contributed by atoms with Crippen molar-refractivity contribution in [3.63, 3.8) is 0 Å². The van der Waals surface area contributed by atoms with E-state index in [1.165, 1.54) is 5.56 Å². The molecule has 3 rings (SSSR count). The zero-order valence-electron chi connectivity index (χ0n) is 12.7. The van der Waals surface area contributed by atoms with E-state index in [4.69, 9.17) is 9.26 Å². The molecular formula is C18H18N2O2. The van der Waals surface area contributed by atoms with Gasteiger partial charge in [0.25, 0.3) is 0 Å². The second-order valence-electron chi connectivity index (χ2n) is 5.06. The van der Waals surface area contributed by atoms with Gasteiger partial charge in [0.05, 0.1) is 13.0 Å². The Morgan fingerprint density at radius 2 is 1.91 bits per heavy atom. The minimum Gasteiger partial charge on any atom is -0.497 e. The third-order valence-corrected chi connectivity index (χ3v) is 3.68. The zero-order valence-corrected chi connectivity index (χ0v) is 12.7. The Morgan fingerprint density at radius 3 is 2.64 bits per heavy atom. The molecule has 2 aromatic carbocycles. The summed E-state index contributed by atoms with van der Waals surface area (Å²) in [7, 11) is 1.64. The maximum atomic E-state index is 5.50. The van der Waals surface area contributed by atoms with Gasteiger partial charge in [-0.3, -0.25) is 0 Å². The smallest absolute Gasteiger partial charge is 0.234 e. The lowest BCUT2D eigenvalue weighted by molar-refractivity contribution is 0.363. The lowest BCUT2D eigenvalue weighted by Gasteiger charge is -2.09. The van der Waals surface area contributed by atoms with Crippen molar-refractivity contribution >= 4 is 0 Å². The second-order valence-corrected chi connectivity index (χ2v) is 5.06. The van der Waals surface area contributed by atoms with Gasteiger partial charge in [0.15, 0.2) is 0 Å². The van der Waals surface area contributed by atoms with E-state index in [0.29, 0.717) is 11.7 Å². The molecule has 0 radical (unpaired) electrons. The Hall–Kier alpha value is -2.62. The minimum atomic E-state index is 0.119. The topological polar surface area (TPSA) is 48.2 Å². The van der Waals surface area contributed by atoms with E-state index in [0.717, 1.165) is 17.7 Å². The van der Waals surface area contributed by atoms with Crippen LogP contribution in [0.5, 0.6) is 5.75 Å². The maximum absolute atomic E-state index is 5.50. The Bertz CT molecular complexity index is 738. The molecule has 4 nitrogen and oxygen atoms in total. The van der Waals surface area contributed by atoms with Crippen LogP contribution in [0.2, 0.25) is 0 Å². The van der Waals surface area contributed by atoms with Crippen molar-refractivity contribution in [1.29, 1.82) is 0 Å². The highest BCUT2D eigenvalue weighted by atomic mass is 16.5. The number of hydrogen-bond acceptors (Lipinski definition) is 4. The first-order chi connectivity index (χ1) is 10.8. The lowest BCUT2D eigenvalue weighted by atomic mass is 9.96. The summed E-state index contributed by atoms with van der Waals surface area (Å²) in [5, 5.41) is 4.11. The number of hydrogen-bond donors (Lipinski definition) is 0. The van der Waals surface area contributed by atoms with Crippen molar-refractivity contribution in [2.24, 2.45) is 0 Å². The fourth-order valence-corrected chi connectivity index (χ4v) is 2.49. The van der Waals surface area contributed by atoms with Gasteiger partial charge < -0.3 is 9.26 Å². The number of benzene rings is 2. The summed E-state index contributed by atoms with van der Waals surface area (Å²) in [6, 6.07) is 17.9. The van der Waals surface area contributed by atoms with E-state index in [1.807, 2.05) is 42.5 Å². The molecule has 0 bridgehead atoms. The molecule has 0 aliphatic heterocycles. The lowest BCUT2D eigenvalue weighted by Crippen LogP contribution is -1.99. The minimum absolute atomic E-state index is 0.119. The third kappa shape index (κ3) is 2.86. The molecule has 0 amide bonds. The number of nitrogens with zero attached hydrogens (tertiary/aromatic N) is 2. The van der Waals surface area contributed by atoms with E-state index in [2.05, 4.69) is 29.2 Å². The number of methoxy groups -OCH3 is 1. The molecule has 1 aromatic heterocycles. The molecule has 0 saturated carbocycles. The molecule has 0 N–H and O–H groups in total. The Kier molecular flexibility index (Phi) is 4.19. The average Bonchev–Trinajstić information content (AvgIpc) is 3.06. The maximum Gasteiger partial charge on any atom is 0.234 e. The SMILES string of the molecule is CC[C@H](c1ccccc1)c1nc(-c2cccc(OC)c2)no1. The molecule has 0 fully saturated rings. The van der Waals surface area contributed by atoms with E-state index in [1.54, 1.807) is 7.11 Å². The van der Waals surface area contributed by atoms with Gasteiger partial charge in [-0.2, -0.15) is 4.98 Å². The first-order valence-electron chi connectivity index (χ1n) is 7.34. The van der Waals surface area contributed by atoms with Crippen molar-refractivity contribution in [3.8, 4) is 17.1 Å². The monoisotopic (exact) mass is 294 g/mol. The van der Waals surface area contributed by atoms with Crippen LogP contribution in [0.3, 0.4) is 0 Å². The Labute approximate surface area is 129 Å². The third-order valence-electron chi connectivity index (χ3n) is 3.68. The fourth-order valence-electron chi connectivity index (χ4n) is 2.49. The quantitative estimate of drug-likeness (QED) is 0.704. The van der Waals surface area contributed by atoms with Crippen LogP contribution >= 0.6 is 0 Å². The van der Waals surface area contributed by atoms with Gasteiger partial charge in [0.2, 0.25) is 11.7 Å². The van der Waals surface area contributed by atoms with Gasteiger partial charge in [-0.1, -0.05) is 54.5 Å². The van der Waals surface area contributed by atoms with Gasteiger partial charge >= 0.3 is 0 Å². The van der Waals surface area contributed by atoms with E-state index in [-0.39, 0.29) is 5.92 Å². The van der Waals surface area contributed by atoms with Crippen LogP contribution < -0.4 is 4.74 Å². The van der Waals surface area contributed by atoms with Crippen LogP contribution in [-0.4, -0.2) is 17.3 Å². The van der Waals surface area contributed by atoms with Crippen molar-refractivity contribution in [2.45, 2.75) is 19.3 Å². The summed E-state index contributed by atoms with van der Waals surface area (Å²) >= 11 is 0. The average molecular weight is 294 g/mol. The molecule has 1 atom stereocenters. The Morgan fingerprint density at radius 1 is 1.09 bits per heavy atom. The highest BCUT2D eigenvalue weighted by Crippen LogP contribution is 2.29. The van der Waals surface area contributed by atoms with Gasteiger partial charge in [-0.15, -0.1) is 0 Å². The van der Waals surface area contributed by atoms with Crippen molar-refractivity contribution in [3.05, 3.63) is 66.1 Å². The predicted molar refractivity (Wildman–Crippen MR) is 84.9 cm³/mol.